The van der Waals surface area contributed by atoms with E-state index in [1.54, 1.807) is 31.4 Å². The van der Waals surface area contributed by atoms with Crippen molar-refractivity contribution in [1.82, 2.24) is 5.32 Å². The van der Waals surface area contributed by atoms with Crippen LogP contribution in [0.25, 0.3) is 11.0 Å². The third-order valence-corrected chi connectivity index (χ3v) is 3.64. The van der Waals surface area contributed by atoms with Gasteiger partial charge in [0, 0.05) is 19.0 Å². The minimum absolute atomic E-state index is 0.00162. The Hall–Kier alpha value is -2.92. The first-order valence-corrected chi connectivity index (χ1v) is 7.55. The van der Waals surface area contributed by atoms with E-state index in [0.29, 0.717) is 24.1 Å². The minimum Gasteiger partial charge on any atom is -0.422 e. The number of hydrogen-bond acceptors (Lipinski definition) is 4. The van der Waals surface area contributed by atoms with Gasteiger partial charge in [0.05, 0.1) is 6.61 Å². The lowest BCUT2D eigenvalue weighted by Crippen LogP contribution is -2.27. The Bertz CT molecular complexity index is 930. The number of nitrogens with one attached hydrogen (secondary N) is 1. The maximum absolute atomic E-state index is 12.3. The summed E-state index contributed by atoms with van der Waals surface area (Å²) in [6.45, 7) is 0.832. The van der Waals surface area contributed by atoms with Crippen LogP contribution in [0.3, 0.4) is 0 Å². The van der Waals surface area contributed by atoms with E-state index in [1.165, 1.54) is 0 Å². The number of amides is 1. The van der Waals surface area contributed by atoms with Gasteiger partial charge in [-0.1, -0.05) is 42.5 Å². The lowest BCUT2D eigenvalue weighted by atomic mass is 10.1. The van der Waals surface area contributed by atoms with Crippen molar-refractivity contribution in [2.75, 3.05) is 7.11 Å². The van der Waals surface area contributed by atoms with Crippen LogP contribution in [0.4, 0.5) is 0 Å². The van der Waals surface area contributed by atoms with Crippen molar-refractivity contribution in [2.45, 2.75) is 13.2 Å². The number of fused-ring (bicyclic) bond motifs is 1. The third-order valence-electron chi connectivity index (χ3n) is 3.64. The number of para-hydroxylation sites is 1. The molecule has 0 aliphatic heterocycles. The molecule has 0 spiro atoms. The number of rotatable bonds is 5. The molecule has 0 aliphatic carbocycles. The van der Waals surface area contributed by atoms with Crippen molar-refractivity contribution in [2.24, 2.45) is 0 Å². The second kappa shape index (κ2) is 7.10. The van der Waals surface area contributed by atoms with Crippen LogP contribution in [0.1, 0.15) is 21.5 Å². The zero-order valence-corrected chi connectivity index (χ0v) is 13.2. The second-order valence-electron chi connectivity index (χ2n) is 5.42. The molecule has 24 heavy (non-hydrogen) atoms. The Morgan fingerprint density at radius 3 is 2.71 bits per heavy atom. The van der Waals surface area contributed by atoms with E-state index < -0.39 is 11.5 Å². The molecule has 0 aliphatic rings. The average Bonchev–Trinajstić information content (AvgIpc) is 2.60. The normalized spacial score (nSPS) is 10.7. The quantitative estimate of drug-likeness (QED) is 0.733. The third kappa shape index (κ3) is 3.52. The van der Waals surface area contributed by atoms with Crippen molar-refractivity contribution in [3.63, 3.8) is 0 Å². The summed E-state index contributed by atoms with van der Waals surface area (Å²) in [7, 11) is 1.63. The first-order chi connectivity index (χ1) is 11.7. The summed E-state index contributed by atoms with van der Waals surface area (Å²) >= 11 is 0. The highest BCUT2D eigenvalue weighted by molar-refractivity contribution is 5.96. The fourth-order valence-electron chi connectivity index (χ4n) is 2.49. The largest absolute Gasteiger partial charge is 0.422 e. The Balaban J connectivity index is 1.77. The first-order valence-electron chi connectivity index (χ1n) is 7.55. The molecule has 0 bridgehead atoms. The van der Waals surface area contributed by atoms with Crippen LogP contribution >= 0.6 is 0 Å². The zero-order valence-electron chi connectivity index (χ0n) is 13.2. The Labute approximate surface area is 138 Å². The van der Waals surface area contributed by atoms with Crippen molar-refractivity contribution in [1.29, 1.82) is 0 Å². The van der Waals surface area contributed by atoms with E-state index in [0.717, 1.165) is 11.1 Å². The SMILES string of the molecule is COCc1cccc(CNC(=O)c2cc3ccccc3oc2=O)c1. The molecule has 1 heterocycles. The van der Waals surface area contributed by atoms with Gasteiger partial charge in [-0.2, -0.15) is 0 Å². The van der Waals surface area contributed by atoms with E-state index >= 15 is 0 Å². The van der Waals surface area contributed by atoms with Gasteiger partial charge in [0.15, 0.2) is 0 Å². The molecule has 0 saturated heterocycles. The first kappa shape index (κ1) is 16.0. The van der Waals surface area contributed by atoms with Gasteiger partial charge in [-0.05, 0) is 23.3 Å². The van der Waals surface area contributed by atoms with Gasteiger partial charge in [0.2, 0.25) is 0 Å². The number of benzene rings is 2. The van der Waals surface area contributed by atoms with Gasteiger partial charge in [0.25, 0.3) is 5.91 Å². The molecule has 0 radical (unpaired) electrons. The van der Waals surface area contributed by atoms with Crippen LogP contribution in [-0.2, 0) is 17.9 Å². The fourth-order valence-corrected chi connectivity index (χ4v) is 2.49. The van der Waals surface area contributed by atoms with E-state index in [1.807, 2.05) is 30.3 Å². The maximum atomic E-state index is 12.3. The summed E-state index contributed by atoms with van der Waals surface area (Å²) in [5.74, 6) is -0.452. The van der Waals surface area contributed by atoms with Gasteiger partial charge in [0.1, 0.15) is 11.1 Å². The standard InChI is InChI=1S/C19H17NO4/c1-23-12-14-6-4-5-13(9-14)11-20-18(21)16-10-15-7-2-3-8-17(15)24-19(16)22/h2-10H,11-12H2,1H3,(H,20,21). The van der Waals surface area contributed by atoms with Crippen LogP contribution in [-0.4, -0.2) is 13.0 Å². The number of carbonyl (C=O) groups is 1. The van der Waals surface area contributed by atoms with E-state index in [2.05, 4.69) is 5.32 Å². The lowest BCUT2D eigenvalue weighted by Gasteiger charge is -2.07. The highest BCUT2D eigenvalue weighted by Crippen LogP contribution is 2.13. The van der Waals surface area contributed by atoms with Crippen LogP contribution < -0.4 is 10.9 Å². The molecule has 5 heteroatoms. The van der Waals surface area contributed by atoms with Crippen molar-refractivity contribution in [3.05, 3.63) is 81.7 Å². The Morgan fingerprint density at radius 2 is 1.88 bits per heavy atom. The van der Waals surface area contributed by atoms with Gasteiger partial charge < -0.3 is 14.5 Å². The van der Waals surface area contributed by atoms with Crippen LogP contribution in [0.5, 0.6) is 0 Å². The molecular weight excluding hydrogens is 306 g/mol. The zero-order chi connectivity index (χ0) is 16.9. The van der Waals surface area contributed by atoms with Crippen LogP contribution in [0.2, 0.25) is 0 Å². The molecule has 3 aromatic rings. The number of ether oxygens (including phenoxy) is 1. The second-order valence-corrected chi connectivity index (χ2v) is 5.42. The van der Waals surface area contributed by atoms with Crippen molar-refractivity contribution < 1.29 is 13.9 Å². The van der Waals surface area contributed by atoms with E-state index in [4.69, 9.17) is 9.15 Å². The summed E-state index contributed by atoms with van der Waals surface area (Å²) in [5, 5.41) is 3.46. The molecular formula is C19H17NO4. The maximum Gasteiger partial charge on any atom is 0.349 e. The molecule has 0 unspecified atom stereocenters. The highest BCUT2D eigenvalue weighted by Gasteiger charge is 2.13. The summed E-state index contributed by atoms with van der Waals surface area (Å²) in [6, 6.07) is 16.4. The molecule has 1 N–H and O–H groups in total. The van der Waals surface area contributed by atoms with Gasteiger partial charge in [-0.25, -0.2) is 4.79 Å². The smallest absolute Gasteiger partial charge is 0.349 e. The van der Waals surface area contributed by atoms with Gasteiger partial charge in [-0.15, -0.1) is 0 Å². The Kier molecular flexibility index (Phi) is 4.72. The summed E-state index contributed by atoms with van der Waals surface area (Å²) in [4.78, 5) is 24.3. The summed E-state index contributed by atoms with van der Waals surface area (Å²) in [5.41, 5.74) is 1.78. The molecule has 3 rings (SSSR count). The monoisotopic (exact) mass is 323 g/mol. The molecule has 1 aromatic heterocycles. The number of hydrogen-bond donors (Lipinski definition) is 1. The molecule has 0 atom stereocenters. The van der Waals surface area contributed by atoms with Crippen LogP contribution in [0, 0.1) is 0 Å². The molecule has 1 amide bonds. The lowest BCUT2D eigenvalue weighted by molar-refractivity contribution is 0.0947. The van der Waals surface area contributed by atoms with Crippen molar-refractivity contribution >= 4 is 16.9 Å². The number of methoxy groups -OCH3 is 1. The molecule has 122 valence electrons. The molecule has 2 aromatic carbocycles. The molecule has 0 fully saturated rings. The fraction of sp³-hybridized carbons (Fsp3) is 0.158. The summed E-state index contributed by atoms with van der Waals surface area (Å²) < 4.78 is 10.3. The summed E-state index contributed by atoms with van der Waals surface area (Å²) in [6.07, 6.45) is 0. The van der Waals surface area contributed by atoms with E-state index in [9.17, 15) is 9.59 Å². The van der Waals surface area contributed by atoms with Crippen molar-refractivity contribution in [3.8, 4) is 0 Å². The van der Waals surface area contributed by atoms with Gasteiger partial charge >= 0.3 is 5.63 Å². The predicted molar refractivity (Wildman–Crippen MR) is 90.8 cm³/mol. The van der Waals surface area contributed by atoms with Crippen LogP contribution in [0.15, 0.2) is 63.8 Å². The predicted octanol–water partition coefficient (Wildman–Crippen LogP) is 2.87. The Morgan fingerprint density at radius 1 is 1.08 bits per heavy atom. The number of carbonyl (C=O) groups excluding carboxylic acids is 1. The average molecular weight is 323 g/mol. The topological polar surface area (TPSA) is 68.5 Å². The molecule has 5 nitrogen and oxygen atoms in total. The minimum atomic E-state index is -0.640. The van der Waals surface area contributed by atoms with Gasteiger partial charge in [-0.3, -0.25) is 4.79 Å². The van der Waals surface area contributed by atoms with E-state index in [-0.39, 0.29) is 5.56 Å². The highest BCUT2D eigenvalue weighted by atomic mass is 16.5. The molecule has 0 saturated carbocycles.